The van der Waals surface area contributed by atoms with Crippen LogP contribution in [-0.4, -0.2) is 36.6 Å². The van der Waals surface area contributed by atoms with Crippen molar-refractivity contribution in [2.75, 3.05) is 24.7 Å². The van der Waals surface area contributed by atoms with Gasteiger partial charge < -0.3 is 5.32 Å². The van der Waals surface area contributed by atoms with E-state index in [9.17, 15) is 4.79 Å². The fraction of sp³-hybridized carbons (Fsp3) is 0.875. The highest BCUT2D eigenvalue weighted by Gasteiger charge is 2.26. The number of thioether (sulfide) groups is 1. The van der Waals surface area contributed by atoms with E-state index >= 15 is 0 Å². The van der Waals surface area contributed by atoms with Crippen LogP contribution in [-0.2, 0) is 9.63 Å². The van der Waals surface area contributed by atoms with E-state index in [2.05, 4.69) is 10.8 Å². The molecule has 0 aromatic carbocycles. The molecule has 74 valence electrons. The first-order valence-electron chi connectivity index (χ1n) is 4.59. The molecule has 0 bridgehead atoms. The molecule has 0 saturated carbocycles. The number of hydrogen-bond donors (Lipinski definition) is 2. The summed E-state index contributed by atoms with van der Waals surface area (Å²) in [6.07, 6.45) is 1.27. The van der Waals surface area contributed by atoms with Crippen LogP contribution in [0.4, 0.5) is 0 Å². The van der Waals surface area contributed by atoms with Gasteiger partial charge in [-0.2, -0.15) is 11.8 Å². The molecule has 2 saturated heterocycles. The average molecular weight is 202 g/mol. The van der Waals surface area contributed by atoms with E-state index < -0.39 is 0 Å². The number of nitrogens with one attached hydrogen (secondary N) is 2. The van der Waals surface area contributed by atoms with Gasteiger partial charge in [0.1, 0.15) is 6.04 Å². The molecule has 2 aliphatic rings. The zero-order valence-electron chi connectivity index (χ0n) is 7.41. The first-order chi connectivity index (χ1) is 6.36. The van der Waals surface area contributed by atoms with Gasteiger partial charge in [0.25, 0.3) is 5.91 Å². The summed E-state index contributed by atoms with van der Waals surface area (Å²) < 4.78 is 0. The minimum Gasteiger partial charge on any atom is -0.303 e. The van der Waals surface area contributed by atoms with E-state index in [1.165, 1.54) is 17.9 Å². The summed E-state index contributed by atoms with van der Waals surface area (Å²) in [5, 5.41) is 3.22. The lowest BCUT2D eigenvalue weighted by Crippen LogP contribution is -2.40. The summed E-state index contributed by atoms with van der Waals surface area (Å²) >= 11 is 1.99. The van der Waals surface area contributed by atoms with E-state index in [1.54, 1.807) is 0 Å². The van der Waals surface area contributed by atoms with Crippen molar-refractivity contribution in [3.63, 3.8) is 0 Å². The summed E-state index contributed by atoms with van der Waals surface area (Å²) in [4.78, 5) is 15.9. The second kappa shape index (κ2) is 4.30. The van der Waals surface area contributed by atoms with Crippen LogP contribution in [0.5, 0.6) is 0 Å². The Labute approximate surface area is 81.7 Å². The molecule has 2 aliphatic heterocycles. The van der Waals surface area contributed by atoms with Crippen LogP contribution >= 0.6 is 11.8 Å². The van der Waals surface area contributed by atoms with Gasteiger partial charge in [-0.05, 0) is 30.4 Å². The van der Waals surface area contributed by atoms with Crippen LogP contribution in [0.15, 0.2) is 0 Å². The monoisotopic (exact) mass is 202 g/mol. The fourth-order valence-electron chi connectivity index (χ4n) is 1.55. The predicted octanol–water partition coefficient (Wildman–Crippen LogP) is -0.241. The van der Waals surface area contributed by atoms with Crippen molar-refractivity contribution in [1.29, 1.82) is 0 Å². The van der Waals surface area contributed by atoms with Crippen LogP contribution < -0.4 is 10.8 Å². The van der Waals surface area contributed by atoms with E-state index in [0.717, 1.165) is 12.5 Å². The maximum absolute atomic E-state index is 11.1. The molecule has 2 heterocycles. The standard InChI is InChI=1S/C8H14N2O2S/c11-8-7(4-12-10-8)9-3-6-1-2-13-5-6/h6-7,9H,1-5H2,(H,10,11). The van der Waals surface area contributed by atoms with Gasteiger partial charge in [-0.1, -0.05) is 0 Å². The maximum Gasteiger partial charge on any atom is 0.263 e. The first-order valence-corrected chi connectivity index (χ1v) is 5.74. The lowest BCUT2D eigenvalue weighted by atomic mass is 10.1. The second-order valence-electron chi connectivity index (χ2n) is 3.47. The van der Waals surface area contributed by atoms with E-state index in [1.807, 2.05) is 11.8 Å². The third kappa shape index (κ3) is 2.36. The lowest BCUT2D eigenvalue weighted by molar-refractivity contribution is -0.125. The largest absolute Gasteiger partial charge is 0.303 e. The Morgan fingerprint density at radius 1 is 1.69 bits per heavy atom. The number of carbonyl (C=O) groups is 1. The Morgan fingerprint density at radius 3 is 3.23 bits per heavy atom. The Balaban J connectivity index is 1.69. The Morgan fingerprint density at radius 2 is 2.62 bits per heavy atom. The molecule has 5 heteroatoms. The lowest BCUT2D eigenvalue weighted by Gasteiger charge is -2.12. The van der Waals surface area contributed by atoms with Gasteiger partial charge in [-0.25, -0.2) is 5.48 Å². The first kappa shape index (κ1) is 9.30. The SMILES string of the molecule is O=C1NOCC1NCC1CCSC1. The molecular formula is C8H14N2O2S. The van der Waals surface area contributed by atoms with Crippen LogP contribution in [0.1, 0.15) is 6.42 Å². The van der Waals surface area contributed by atoms with Gasteiger partial charge in [-0.15, -0.1) is 0 Å². The highest BCUT2D eigenvalue weighted by atomic mass is 32.2. The molecule has 0 radical (unpaired) electrons. The molecule has 2 fully saturated rings. The molecule has 4 nitrogen and oxygen atoms in total. The third-order valence-corrected chi connectivity index (χ3v) is 3.65. The number of rotatable bonds is 3. The molecule has 0 aliphatic carbocycles. The number of hydroxylamine groups is 1. The molecular weight excluding hydrogens is 188 g/mol. The van der Waals surface area contributed by atoms with Crippen molar-refractivity contribution in [1.82, 2.24) is 10.8 Å². The summed E-state index contributed by atoms with van der Waals surface area (Å²) in [5.41, 5.74) is 2.34. The number of hydrogen-bond acceptors (Lipinski definition) is 4. The normalized spacial score (nSPS) is 33.7. The quantitative estimate of drug-likeness (QED) is 0.663. The molecule has 13 heavy (non-hydrogen) atoms. The molecule has 0 aromatic rings. The van der Waals surface area contributed by atoms with Crippen molar-refractivity contribution < 1.29 is 9.63 Å². The van der Waals surface area contributed by atoms with Gasteiger partial charge in [-0.3, -0.25) is 9.63 Å². The third-order valence-electron chi connectivity index (χ3n) is 2.42. The fourth-order valence-corrected chi connectivity index (χ4v) is 2.83. The van der Waals surface area contributed by atoms with Gasteiger partial charge in [0.05, 0.1) is 6.61 Å². The van der Waals surface area contributed by atoms with Crippen molar-refractivity contribution >= 4 is 17.7 Å². The zero-order chi connectivity index (χ0) is 9.10. The second-order valence-corrected chi connectivity index (χ2v) is 4.62. The Kier molecular flexibility index (Phi) is 3.08. The van der Waals surface area contributed by atoms with Crippen molar-refractivity contribution in [2.24, 2.45) is 5.92 Å². The summed E-state index contributed by atoms with van der Waals surface area (Å²) in [6.45, 7) is 1.40. The van der Waals surface area contributed by atoms with Crippen molar-refractivity contribution in [2.45, 2.75) is 12.5 Å². The van der Waals surface area contributed by atoms with Gasteiger partial charge >= 0.3 is 0 Å². The van der Waals surface area contributed by atoms with Crippen LogP contribution in [0.25, 0.3) is 0 Å². The minimum atomic E-state index is -0.134. The molecule has 0 spiro atoms. The molecule has 2 unspecified atom stereocenters. The maximum atomic E-state index is 11.1. The molecule has 1 amide bonds. The summed E-state index contributed by atoms with van der Waals surface area (Å²) in [7, 11) is 0. The molecule has 2 N–H and O–H groups in total. The summed E-state index contributed by atoms with van der Waals surface area (Å²) in [6, 6.07) is -0.134. The molecule has 2 atom stereocenters. The van der Waals surface area contributed by atoms with Gasteiger partial charge in [0.2, 0.25) is 0 Å². The Hall–Kier alpha value is -0.260. The van der Waals surface area contributed by atoms with E-state index in [4.69, 9.17) is 4.84 Å². The number of carbonyl (C=O) groups excluding carboxylic acids is 1. The molecule has 2 rings (SSSR count). The topological polar surface area (TPSA) is 50.4 Å². The Bertz CT molecular complexity index is 195. The minimum absolute atomic E-state index is 0.0364. The van der Waals surface area contributed by atoms with E-state index in [0.29, 0.717) is 6.61 Å². The zero-order valence-corrected chi connectivity index (χ0v) is 8.23. The van der Waals surface area contributed by atoms with Crippen molar-refractivity contribution in [3.05, 3.63) is 0 Å². The average Bonchev–Trinajstić information content (AvgIpc) is 2.72. The van der Waals surface area contributed by atoms with Crippen molar-refractivity contribution in [3.8, 4) is 0 Å². The van der Waals surface area contributed by atoms with E-state index in [-0.39, 0.29) is 11.9 Å². The number of amides is 1. The van der Waals surface area contributed by atoms with Gasteiger partial charge in [0, 0.05) is 0 Å². The highest BCUT2D eigenvalue weighted by molar-refractivity contribution is 7.99. The highest BCUT2D eigenvalue weighted by Crippen LogP contribution is 2.22. The van der Waals surface area contributed by atoms with Gasteiger partial charge in [0.15, 0.2) is 0 Å². The predicted molar refractivity (Wildman–Crippen MR) is 51.3 cm³/mol. The van der Waals surface area contributed by atoms with Crippen LogP contribution in [0, 0.1) is 5.92 Å². The van der Waals surface area contributed by atoms with Crippen LogP contribution in [0.2, 0.25) is 0 Å². The molecule has 0 aromatic heterocycles. The summed E-state index contributed by atoms with van der Waals surface area (Å²) in [5.74, 6) is 3.19. The van der Waals surface area contributed by atoms with Crippen LogP contribution in [0.3, 0.4) is 0 Å². The smallest absolute Gasteiger partial charge is 0.263 e.